The van der Waals surface area contributed by atoms with E-state index in [9.17, 15) is 4.79 Å². The van der Waals surface area contributed by atoms with Gasteiger partial charge < -0.3 is 28.4 Å². The summed E-state index contributed by atoms with van der Waals surface area (Å²) in [5.41, 5.74) is 7.22. The quantitative estimate of drug-likeness (QED) is 0.0834. The van der Waals surface area contributed by atoms with Gasteiger partial charge in [-0.25, -0.2) is 4.79 Å². The first-order valence-corrected chi connectivity index (χ1v) is 18.0. The number of benzene rings is 5. The van der Waals surface area contributed by atoms with Crippen molar-refractivity contribution in [1.82, 2.24) is 0 Å². The van der Waals surface area contributed by atoms with Crippen LogP contribution in [-0.2, 0) is 34.9 Å². The molecule has 0 fully saturated rings. The number of allylic oxidation sites excluding steroid dienone is 3. The van der Waals surface area contributed by atoms with E-state index in [0.717, 1.165) is 67.5 Å². The molecule has 7 heteroatoms. The second-order valence-corrected chi connectivity index (χ2v) is 12.2. The molecule has 0 radical (unpaired) electrons. The van der Waals surface area contributed by atoms with E-state index < -0.39 is 5.60 Å². The average Bonchev–Trinajstić information content (AvgIpc) is 3.23. The maximum absolute atomic E-state index is 11.9. The van der Waals surface area contributed by atoms with Gasteiger partial charge in [-0.2, -0.15) is 0 Å². The van der Waals surface area contributed by atoms with Gasteiger partial charge in [0.25, 0.3) is 0 Å². The first kappa shape index (κ1) is 39.2. The molecule has 0 bridgehead atoms. The number of rotatable bonds is 14. The Kier molecular flexibility index (Phi) is 13.5. The average molecular weight is 725 g/mol. The molecule has 0 unspecified atom stereocenters. The summed E-state index contributed by atoms with van der Waals surface area (Å²) in [4.78, 5) is 11.9. The summed E-state index contributed by atoms with van der Waals surface area (Å²) in [7, 11) is 4.69. The predicted octanol–water partition coefficient (Wildman–Crippen LogP) is 10.8. The second kappa shape index (κ2) is 18.6. The molecule has 0 aromatic heterocycles. The Morgan fingerprint density at radius 3 is 2.00 bits per heavy atom. The predicted molar refractivity (Wildman–Crippen MR) is 214 cm³/mol. The van der Waals surface area contributed by atoms with Gasteiger partial charge in [-0.1, -0.05) is 99.3 Å². The standard InChI is InChI=1S/C45H42O7.C2H6/c1-6-9-35(10-7-2)45(36-14-18-38(47-3)19-15-36,37-16-20-39(48-4)21-17-37)52-29-32-13-23-42-41-24-22-40(27-34(41)30-51-43(42)26-32)50-28-31-11-8-12-33(25-31)44(46)49-5;1-2/h6-27H,1,28-30H2,2-5H3;1-2H3/b10-7-,35-9+;. The third-order valence-electron chi connectivity index (χ3n) is 9.05. The summed E-state index contributed by atoms with van der Waals surface area (Å²) in [5.74, 6) is 2.64. The lowest BCUT2D eigenvalue weighted by molar-refractivity contribution is -0.000428. The highest BCUT2D eigenvalue weighted by molar-refractivity contribution is 5.89. The Morgan fingerprint density at radius 2 is 1.39 bits per heavy atom. The van der Waals surface area contributed by atoms with Crippen molar-refractivity contribution in [2.75, 3.05) is 21.3 Å². The molecule has 54 heavy (non-hydrogen) atoms. The molecular formula is C47H48O7. The minimum absolute atomic E-state index is 0.289. The molecule has 0 spiro atoms. The highest BCUT2D eigenvalue weighted by Crippen LogP contribution is 2.44. The Balaban J connectivity index is 0.00000276. The minimum Gasteiger partial charge on any atom is -0.497 e. The molecule has 7 nitrogen and oxygen atoms in total. The Hall–Kier alpha value is -6.05. The van der Waals surface area contributed by atoms with Crippen LogP contribution in [0.15, 0.2) is 146 Å². The molecule has 1 heterocycles. The molecule has 1 aliphatic rings. The van der Waals surface area contributed by atoms with Crippen molar-refractivity contribution in [3.8, 4) is 34.1 Å². The Labute approximate surface area is 319 Å². The zero-order valence-electron chi connectivity index (χ0n) is 31.9. The van der Waals surface area contributed by atoms with Crippen LogP contribution in [0.25, 0.3) is 11.1 Å². The van der Waals surface area contributed by atoms with Crippen LogP contribution < -0.4 is 18.9 Å². The molecule has 6 rings (SSSR count). The highest BCUT2D eigenvalue weighted by atomic mass is 16.5. The molecule has 5 aromatic carbocycles. The number of ether oxygens (including phenoxy) is 6. The maximum Gasteiger partial charge on any atom is 0.337 e. The fraction of sp³-hybridized carbons (Fsp3) is 0.213. The van der Waals surface area contributed by atoms with E-state index in [1.807, 2.05) is 106 Å². The van der Waals surface area contributed by atoms with Crippen molar-refractivity contribution in [3.63, 3.8) is 0 Å². The Bertz CT molecular complexity index is 2040. The smallest absolute Gasteiger partial charge is 0.337 e. The van der Waals surface area contributed by atoms with Crippen molar-refractivity contribution in [2.45, 2.75) is 46.2 Å². The van der Waals surface area contributed by atoms with Crippen molar-refractivity contribution < 1.29 is 33.2 Å². The summed E-state index contributed by atoms with van der Waals surface area (Å²) in [5, 5.41) is 0. The lowest BCUT2D eigenvalue weighted by Gasteiger charge is -2.37. The van der Waals surface area contributed by atoms with Gasteiger partial charge >= 0.3 is 5.97 Å². The van der Waals surface area contributed by atoms with Gasteiger partial charge in [0.05, 0.1) is 33.5 Å². The van der Waals surface area contributed by atoms with E-state index in [-0.39, 0.29) is 12.6 Å². The molecular weight excluding hydrogens is 677 g/mol. The van der Waals surface area contributed by atoms with Crippen molar-refractivity contribution >= 4 is 5.97 Å². The molecule has 1 aliphatic heterocycles. The topological polar surface area (TPSA) is 72.5 Å². The van der Waals surface area contributed by atoms with Gasteiger partial charge in [0.15, 0.2) is 0 Å². The number of methoxy groups -OCH3 is 3. The molecule has 0 saturated carbocycles. The van der Waals surface area contributed by atoms with Gasteiger partial charge in [0.1, 0.15) is 41.8 Å². The van der Waals surface area contributed by atoms with E-state index in [1.165, 1.54) is 7.11 Å². The molecule has 0 amide bonds. The lowest BCUT2D eigenvalue weighted by atomic mass is 9.79. The fourth-order valence-corrected chi connectivity index (χ4v) is 6.46. The number of hydrogen-bond acceptors (Lipinski definition) is 7. The molecule has 0 aliphatic carbocycles. The van der Waals surface area contributed by atoms with Crippen molar-refractivity contribution in [2.24, 2.45) is 0 Å². The monoisotopic (exact) mass is 724 g/mol. The van der Waals surface area contributed by atoms with Crippen LogP contribution in [0.1, 0.15) is 58.9 Å². The van der Waals surface area contributed by atoms with E-state index in [1.54, 1.807) is 32.4 Å². The Morgan fingerprint density at radius 1 is 0.759 bits per heavy atom. The number of hydrogen-bond donors (Lipinski definition) is 0. The SMILES string of the molecule is C=C/C=C(\C=C/C)C(OCc1ccc2c(c1)OCc1cc(OCc3cccc(C(=O)OC)c3)ccc1-2)(c1ccc(OC)cc1)c1ccc(OC)cc1.CC. The normalized spacial score (nSPS) is 12.0. The number of fused-ring (bicyclic) bond motifs is 3. The number of carbonyl (C=O) groups excluding carboxylic acids is 1. The van der Waals surface area contributed by atoms with Crippen LogP contribution in [0.5, 0.6) is 23.0 Å². The third kappa shape index (κ3) is 8.59. The summed E-state index contributed by atoms with van der Waals surface area (Å²) in [6, 6.07) is 35.4. The largest absolute Gasteiger partial charge is 0.497 e. The fourth-order valence-electron chi connectivity index (χ4n) is 6.46. The first-order valence-electron chi connectivity index (χ1n) is 18.0. The molecule has 278 valence electrons. The minimum atomic E-state index is -1.00. The van der Waals surface area contributed by atoms with Crippen LogP contribution in [0.3, 0.4) is 0 Å². The van der Waals surface area contributed by atoms with E-state index in [2.05, 4.69) is 36.9 Å². The van der Waals surface area contributed by atoms with Gasteiger partial charge in [-0.05, 0) is 94.9 Å². The van der Waals surface area contributed by atoms with E-state index in [4.69, 9.17) is 28.4 Å². The molecule has 0 saturated heterocycles. The summed E-state index contributed by atoms with van der Waals surface area (Å²) >= 11 is 0. The van der Waals surface area contributed by atoms with Crippen LogP contribution in [0, 0.1) is 0 Å². The van der Waals surface area contributed by atoms with Crippen molar-refractivity contribution in [3.05, 3.63) is 179 Å². The van der Waals surface area contributed by atoms with Crippen LogP contribution in [-0.4, -0.2) is 27.3 Å². The number of carbonyl (C=O) groups is 1. The van der Waals surface area contributed by atoms with Gasteiger partial charge in [0.2, 0.25) is 0 Å². The first-order chi connectivity index (χ1) is 26.4. The maximum atomic E-state index is 11.9. The van der Waals surface area contributed by atoms with Gasteiger partial charge in [-0.3, -0.25) is 0 Å². The number of esters is 1. The summed E-state index contributed by atoms with van der Waals surface area (Å²) in [6.45, 7) is 11.0. The summed E-state index contributed by atoms with van der Waals surface area (Å²) < 4.78 is 35.4. The van der Waals surface area contributed by atoms with Crippen LogP contribution in [0.2, 0.25) is 0 Å². The van der Waals surface area contributed by atoms with Crippen molar-refractivity contribution in [1.29, 1.82) is 0 Å². The van der Waals surface area contributed by atoms with E-state index >= 15 is 0 Å². The van der Waals surface area contributed by atoms with Crippen LogP contribution >= 0.6 is 0 Å². The van der Waals surface area contributed by atoms with Gasteiger partial charge in [0, 0.05) is 11.1 Å². The zero-order chi connectivity index (χ0) is 38.5. The van der Waals surface area contributed by atoms with E-state index in [0.29, 0.717) is 18.8 Å². The molecule has 0 N–H and O–H groups in total. The third-order valence-corrected chi connectivity index (χ3v) is 9.05. The zero-order valence-corrected chi connectivity index (χ0v) is 31.9. The molecule has 5 aromatic rings. The van der Waals surface area contributed by atoms with Gasteiger partial charge in [-0.15, -0.1) is 0 Å². The van der Waals surface area contributed by atoms with Crippen LogP contribution in [0.4, 0.5) is 0 Å². The second-order valence-electron chi connectivity index (χ2n) is 12.2. The highest BCUT2D eigenvalue weighted by Gasteiger charge is 2.39. The molecule has 0 atom stereocenters. The lowest BCUT2D eigenvalue weighted by Crippen LogP contribution is -2.33. The summed E-state index contributed by atoms with van der Waals surface area (Å²) in [6.07, 6.45) is 7.83.